The SMILES string of the molecule is Cc1ccc(NC(=O)CSc2nnc(-c3ccc(Cl)cc3)n2-c2ccccc2C(C)C)c(S(=O)(=O)N2CCOCC2)c1. The summed E-state index contributed by atoms with van der Waals surface area (Å²) in [5.74, 6) is 0.492. The number of sulfonamides is 1. The van der Waals surface area contributed by atoms with E-state index in [4.69, 9.17) is 16.3 Å². The van der Waals surface area contributed by atoms with Crippen molar-refractivity contribution in [2.75, 3.05) is 37.4 Å². The van der Waals surface area contributed by atoms with Gasteiger partial charge in [-0.1, -0.05) is 61.5 Å². The summed E-state index contributed by atoms with van der Waals surface area (Å²) < 4.78 is 35.6. The van der Waals surface area contributed by atoms with Gasteiger partial charge < -0.3 is 10.1 Å². The second-order valence-corrected chi connectivity index (χ2v) is 13.5. The molecule has 1 N–H and O–H groups in total. The van der Waals surface area contributed by atoms with E-state index in [0.717, 1.165) is 22.4 Å². The number of aromatic nitrogens is 3. The van der Waals surface area contributed by atoms with Gasteiger partial charge in [0.25, 0.3) is 0 Å². The maximum Gasteiger partial charge on any atom is 0.245 e. The van der Waals surface area contributed by atoms with E-state index in [1.165, 1.54) is 16.1 Å². The van der Waals surface area contributed by atoms with Crippen LogP contribution in [-0.4, -0.2) is 65.5 Å². The van der Waals surface area contributed by atoms with Gasteiger partial charge in [-0.2, -0.15) is 4.31 Å². The standard InChI is InChI=1S/C30H32ClN5O4S2/c1-20(2)24-6-4-5-7-26(24)36-29(22-9-11-23(31)12-10-22)33-34-30(36)41-19-28(37)32-25-13-8-21(3)18-27(25)42(38,39)35-14-16-40-17-15-35/h4-13,18,20H,14-17,19H2,1-3H3,(H,32,37). The fourth-order valence-electron chi connectivity index (χ4n) is 4.73. The van der Waals surface area contributed by atoms with Crippen molar-refractivity contribution < 1.29 is 17.9 Å². The summed E-state index contributed by atoms with van der Waals surface area (Å²) in [6.45, 7) is 7.26. The molecular formula is C30H32ClN5O4S2. The van der Waals surface area contributed by atoms with Gasteiger partial charge in [0.05, 0.1) is 30.3 Å². The normalized spacial score (nSPS) is 14.3. The predicted octanol–water partition coefficient (Wildman–Crippen LogP) is 5.77. The maximum atomic E-state index is 13.5. The molecule has 0 radical (unpaired) electrons. The Morgan fingerprint density at radius 1 is 1.05 bits per heavy atom. The number of carbonyl (C=O) groups is 1. The van der Waals surface area contributed by atoms with Crippen molar-refractivity contribution in [2.45, 2.75) is 36.7 Å². The quantitative estimate of drug-likeness (QED) is 0.235. The summed E-state index contributed by atoms with van der Waals surface area (Å²) in [5.41, 5.74) is 3.88. The van der Waals surface area contributed by atoms with E-state index >= 15 is 0 Å². The van der Waals surface area contributed by atoms with E-state index in [0.29, 0.717) is 29.2 Å². The predicted molar refractivity (Wildman–Crippen MR) is 166 cm³/mol. The van der Waals surface area contributed by atoms with Gasteiger partial charge in [0.1, 0.15) is 4.90 Å². The topological polar surface area (TPSA) is 106 Å². The molecule has 0 atom stereocenters. The number of rotatable bonds is 9. The van der Waals surface area contributed by atoms with E-state index in [-0.39, 0.29) is 41.3 Å². The van der Waals surface area contributed by atoms with Crippen LogP contribution in [-0.2, 0) is 19.6 Å². The highest BCUT2D eigenvalue weighted by molar-refractivity contribution is 7.99. The molecule has 1 aliphatic rings. The maximum absolute atomic E-state index is 13.5. The zero-order chi connectivity index (χ0) is 29.9. The van der Waals surface area contributed by atoms with Crippen LogP contribution in [0.1, 0.15) is 30.9 Å². The number of nitrogens with zero attached hydrogens (tertiary/aromatic N) is 4. The third-order valence-corrected chi connectivity index (χ3v) is 9.99. The molecule has 42 heavy (non-hydrogen) atoms. The molecule has 4 aromatic rings. The molecule has 0 bridgehead atoms. The van der Waals surface area contributed by atoms with Crippen LogP contribution >= 0.6 is 23.4 Å². The molecule has 9 nitrogen and oxygen atoms in total. The molecule has 0 aliphatic carbocycles. The van der Waals surface area contributed by atoms with Gasteiger partial charge in [-0.25, -0.2) is 8.42 Å². The third kappa shape index (κ3) is 6.55. The number of morpholine rings is 1. The van der Waals surface area contributed by atoms with Gasteiger partial charge >= 0.3 is 0 Å². The Hall–Kier alpha value is -3.22. The fraction of sp³-hybridized carbons (Fsp3) is 0.300. The second kappa shape index (κ2) is 13.0. The first kappa shape index (κ1) is 30.2. The number of benzene rings is 3. The molecule has 1 fully saturated rings. The number of carbonyl (C=O) groups excluding carboxylic acids is 1. The van der Waals surface area contributed by atoms with Crippen LogP contribution < -0.4 is 5.32 Å². The Kier molecular flexibility index (Phi) is 9.34. The Balaban J connectivity index is 1.43. The summed E-state index contributed by atoms with van der Waals surface area (Å²) in [4.78, 5) is 13.3. The molecule has 220 valence electrons. The number of para-hydroxylation sites is 1. The molecule has 3 aromatic carbocycles. The van der Waals surface area contributed by atoms with Crippen molar-refractivity contribution in [3.63, 3.8) is 0 Å². The second-order valence-electron chi connectivity index (χ2n) is 10.2. The molecular weight excluding hydrogens is 594 g/mol. The van der Waals surface area contributed by atoms with Gasteiger partial charge in [0.15, 0.2) is 11.0 Å². The van der Waals surface area contributed by atoms with Crippen LogP contribution in [0.15, 0.2) is 76.8 Å². The molecule has 1 aliphatic heterocycles. The van der Waals surface area contributed by atoms with Crippen molar-refractivity contribution in [3.8, 4) is 17.1 Å². The number of nitrogens with one attached hydrogen (secondary N) is 1. The summed E-state index contributed by atoms with van der Waals surface area (Å²) in [6, 6.07) is 20.4. The Morgan fingerprint density at radius 3 is 2.48 bits per heavy atom. The highest BCUT2D eigenvalue weighted by atomic mass is 35.5. The smallest absolute Gasteiger partial charge is 0.245 e. The van der Waals surface area contributed by atoms with Crippen molar-refractivity contribution in [2.24, 2.45) is 0 Å². The van der Waals surface area contributed by atoms with Crippen molar-refractivity contribution in [1.82, 2.24) is 19.1 Å². The largest absolute Gasteiger partial charge is 0.379 e. The minimum absolute atomic E-state index is 0.00643. The molecule has 0 saturated carbocycles. The Labute approximate surface area is 255 Å². The number of thioether (sulfide) groups is 1. The zero-order valence-corrected chi connectivity index (χ0v) is 26.0. The van der Waals surface area contributed by atoms with Crippen LogP contribution in [0.5, 0.6) is 0 Å². The van der Waals surface area contributed by atoms with Crippen LogP contribution in [0.3, 0.4) is 0 Å². The van der Waals surface area contributed by atoms with Gasteiger partial charge in [0.2, 0.25) is 15.9 Å². The van der Waals surface area contributed by atoms with Crippen molar-refractivity contribution in [3.05, 3.63) is 82.9 Å². The number of anilines is 1. The summed E-state index contributed by atoms with van der Waals surface area (Å²) in [7, 11) is -3.82. The molecule has 1 aromatic heterocycles. The van der Waals surface area contributed by atoms with Crippen LogP contribution in [0.2, 0.25) is 5.02 Å². The van der Waals surface area contributed by atoms with Crippen LogP contribution in [0.4, 0.5) is 5.69 Å². The van der Waals surface area contributed by atoms with Gasteiger partial charge in [0, 0.05) is 23.7 Å². The number of aryl methyl sites for hydroxylation is 1. The molecule has 0 spiro atoms. The Bertz CT molecular complexity index is 1680. The van der Waals surface area contributed by atoms with Crippen LogP contribution in [0, 0.1) is 6.92 Å². The number of halogens is 1. The summed E-state index contributed by atoms with van der Waals surface area (Å²) >= 11 is 7.36. The summed E-state index contributed by atoms with van der Waals surface area (Å²) in [5, 5.41) is 12.9. The first-order valence-corrected chi connectivity index (χ1v) is 16.4. The molecule has 2 heterocycles. The summed E-state index contributed by atoms with van der Waals surface area (Å²) in [6.07, 6.45) is 0. The Morgan fingerprint density at radius 2 is 1.76 bits per heavy atom. The molecule has 1 amide bonds. The first-order valence-electron chi connectivity index (χ1n) is 13.6. The third-order valence-electron chi connectivity index (χ3n) is 6.87. The molecule has 5 rings (SSSR count). The van der Waals surface area contributed by atoms with Crippen molar-refractivity contribution >= 4 is 45.0 Å². The van der Waals surface area contributed by atoms with E-state index in [1.54, 1.807) is 30.3 Å². The number of amides is 1. The zero-order valence-electron chi connectivity index (χ0n) is 23.6. The number of ether oxygens (including phenoxy) is 1. The lowest BCUT2D eigenvalue weighted by Gasteiger charge is -2.27. The van der Waals surface area contributed by atoms with Gasteiger partial charge in [-0.15, -0.1) is 10.2 Å². The number of hydrogen-bond donors (Lipinski definition) is 1. The lowest BCUT2D eigenvalue weighted by atomic mass is 10.0. The van der Waals surface area contributed by atoms with Crippen LogP contribution in [0.25, 0.3) is 17.1 Å². The highest BCUT2D eigenvalue weighted by Gasteiger charge is 2.29. The lowest BCUT2D eigenvalue weighted by Crippen LogP contribution is -2.41. The van der Waals surface area contributed by atoms with E-state index in [2.05, 4.69) is 35.4 Å². The monoisotopic (exact) mass is 625 g/mol. The fourth-order valence-corrected chi connectivity index (χ4v) is 7.25. The van der Waals surface area contributed by atoms with Gasteiger partial charge in [-0.3, -0.25) is 9.36 Å². The molecule has 12 heteroatoms. The first-order chi connectivity index (χ1) is 20.1. The average molecular weight is 626 g/mol. The number of hydrogen-bond acceptors (Lipinski definition) is 7. The van der Waals surface area contributed by atoms with Gasteiger partial charge in [-0.05, 0) is 66.4 Å². The minimum Gasteiger partial charge on any atom is -0.379 e. The van der Waals surface area contributed by atoms with E-state index in [1.807, 2.05) is 41.8 Å². The molecule has 1 saturated heterocycles. The highest BCUT2D eigenvalue weighted by Crippen LogP contribution is 2.33. The van der Waals surface area contributed by atoms with Crippen molar-refractivity contribution in [1.29, 1.82) is 0 Å². The lowest BCUT2D eigenvalue weighted by molar-refractivity contribution is -0.113. The minimum atomic E-state index is -3.82. The molecule has 0 unspecified atom stereocenters. The average Bonchev–Trinajstić information content (AvgIpc) is 3.41. The van der Waals surface area contributed by atoms with E-state index < -0.39 is 10.0 Å². The van der Waals surface area contributed by atoms with E-state index in [9.17, 15) is 13.2 Å².